The number of hydrogen-bond acceptors (Lipinski definition) is 1. The van der Waals surface area contributed by atoms with Gasteiger partial charge in [-0.15, -0.1) is 0 Å². The Bertz CT molecular complexity index is 330. The third-order valence-corrected chi connectivity index (χ3v) is 3.36. The molecule has 0 radical (unpaired) electrons. The van der Waals surface area contributed by atoms with Gasteiger partial charge in [0.15, 0.2) is 0 Å². The van der Waals surface area contributed by atoms with Crippen molar-refractivity contribution < 1.29 is 4.74 Å². The monoisotopic (exact) mass is 218 g/mol. The molecule has 0 amide bonds. The first-order chi connectivity index (χ1) is 7.90. The number of fused-ring (bicyclic) bond motifs is 1. The van der Waals surface area contributed by atoms with E-state index in [4.69, 9.17) is 4.74 Å². The summed E-state index contributed by atoms with van der Waals surface area (Å²) in [6.07, 6.45) is 7.70. The highest BCUT2D eigenvalue weighted by Gasteiger charge is 2.09. The summed E-state index contributed by atoms with van der Waals surface area (Å²) in [5, 5.41) is 0. The molecule has 0 aromatic heterocycles. The number of rotatable bonds is 5. The fourth-order valence-electron chi connectivity index (χ4n) is 2.33. The molecule has 16 heavy (non-hydrogen) atoms. The van der Waals surface area contributed by atoms with Crippen LogP contribution in [0.25, 0.3) is 0 Å². The normalized spacial score (nSPS) is 14.8. The Kier molecular flexibility index (Phi) is 4.41. The van der Waals surface area contributed by atoms with Gasteiger partial charge in [0, 0.05) is 0 Å². The van der Waals surface area contributed by atoms with Crippen molar-refractivity contribution in [3.8, 4) is 0 Å². The zero-order chi connectivity index (χ0) is 11.2. The van der Waals surface area contributed by atoms with Crippen molar-refractivity contribution in [1.82, 2.24) is 0 Å². The van der Waals surface area contributed by atoms with E-state index < -0.39 is 0 Å². The highest BCUT2D eigenvalue weighted by Crippen LogP contribution is 2.19. The van der Waals surface area contributed by atoms with Crippen LogP contribution in [0.15, 0.2) is 18.2 Å². The van der Waals surface area contributed by atoms with E-state index in [1.807, 2.05) is 0 Å². The third kappa shape index (κ3) is 3.08. The molecule has 1 aromatic carbocycles. The van der Waals surface area contributed by atoms with Gasteiger partial charge in [-0.2, -0.15) is 0 Å². The van der Waals surface area contributed by atoms with Crippen molar-refractivity contribution >= 4 is 0 Å². The number of ether oxygens (including phenoxy) is 1. The summed E-state index contributed by atoms with van der Waals surface area (Å²) in [5.74, 6) is 0. The zero-order valence-electron chi connectivity index (χ0n) is 10.3. The summed E-state index contributed by atoms with van der Waals surface area (Å²) in [4.78, 5) is 0. The second-order valence-electron chi connectivity index (χ2n) is 4.72. The van der Waals surface area contributed by atoms with Gasteiger partial charge in [-0.3, -0.25) is 0 Å². The fourth-order valence-corrected chi connectivity index (χ4v) is 2.33. The predicted octanol–water partition coefficient (Wildman–Crippen LogP) is 3.88. The Morgan fingerprint density at radius 2 is 2.06 bits per heavy atom. The molecule has 88 valence electrons. The summed E-state index contributed by atoms with van der Waals surface area (Å²) >= 11 is 0. The lowest BCUT2D eigenvalue weighted by atomic mass is 9.98. The minimum Gasteiger partial charge on any atom is -0.376 e. The van der Waals surface area contributed by atoms with Crippen molar-refractivity contribution in [2.45, 2.75) is 52.1 Å². The third-order valence-electron chi connectivity index (χ3n) is 3.36. The van der Waals surface area contributed by atoms with Crippen molar-refractivity contribution in [3.63, 3.8) is 0 Å². The molecular formula is C15H22O. The maximum atomic E-state index is 5.49. The number of aryl methyl sites for hydroxylation is 1. The molecule has 0 bridgehead atoms. The molecule has 0 saturated carbocycles. The molecule has 1 nitrogen and oxygen atoms in total. The van der Waals surface area contributed by atoms with Crippen LogP contribution in [0.2, 0.25) is 0 Å². The van der Waals surface area contributed by atoms with Gasteiger partial charge in [-0.05, 0) is 36.0 Å². The molecule has 1 aromatic rings. The molecular weight excluding hydrogens is 196 g/mol. The predicted molar refractivity (Wildman–Crippen MR) is 67.6 cm³/mol. The molecule has 2 rings (SSSR count). The standard InChI is InChI=1S/C15H22O/c1-2-3-4-5-6-13-7-8-14-9-10-16-12-15(14)11-13/h7-8,11H,2-6,9-10,12H2,1H3. The summed E-state index contributed by atoms with van der Waals surface area (Å²) < 4.78 is 5.49. The minimum absolute atomic E-state index is 0.818. The first kappa shape index (κ1) is 11.7. The molecule has 1 heteroatoms. The van der Waals surface area contributed by atoms with Crippen LogP contribution in [0, 0.1) is 0 Å². The Labute approximate surface area is 98.8 Å². The Balaban J connectivity index is 1.90. The second kappa shape index (κ2) is 6.05. The van der Waals surface area contributed by atoms with E-state index in [0.717, 1.165) is 19.6 Å². The van der Waals surface area contributed by atoms with Gasteiger partial charge in [-0.1, -0.05) is 44.4 Å². The number of benzene rings is 1. The minimum atomic E-state index is 0.818. The van der Waals surface area contributed by atoms with Crippen molar-refractivity contribution in [2.75, 3.05) is 6.61 Å². The quantitative estimate of drug-likeness (QED) is 0.681. The SMILES string of the molecule is CCCCCCc1ccc2c(c1)COCC2. The molecule has 0 fully saturated rings. The molecule has 0 atom stereocenters. The van der Waals surface area contributed by atoms with E-state index in [2.05, 4.69) is 25.1 Å². The maximum Gasteiger partial charge on any atom is 0.0719 e. The highest BCUT2D eigenvalue weighted by molar-refractivity contribution is 5.32. The number of unbranched alkanes of at least 4 members (excludes halogenated alkanes) is 3. The van der Waals surface area contributed by atoms with Gasteiger partial charge in [0.2, 0.25) is 0 Å². The second-order valence-corrected chi connectivity index (χ2v) is 4.72. The summed E-state index contributed by atoms with van der Waals surface area (Å²) in [6, 6.07) is 6.95. The van der Waals surface area contributed by atoms with Gasteiger partial charge in [0.05, 0.1) is 13.2 Å². The number of hydrogen-bond donors (Lipinski definition) is 0. The lowest BCUT2D eigenvalue weighted by Crippen LogP contribution is -2.09. The van der Waals surface area contributed by atoms with Crippen molar-refractivity contribution in [3.05, 3.63) is 34.9 Å². The lowest BCUT2D eigenvalue weighted by molar-refractivity contribution is 0.110. The molecule has 0 unspecified atom stereocenters. The van der Waals surface area contributed by atoms with E-state index in [1.54, 1.807) is 0 Å². The van der Waals surface area contributed by atoms with E-state index in [9.17, 15) is 0 Å². The van der Waals surface area contributed by atoms with Gasteiger partial charge in [-0.25, -0.2) is 0 Å². The van der Waals surface area contributed by atoms with E-state index in [-0.39, 0.29) is 0 Å². The Hall–Kier alpha value is -0.820. The van der Waals surface area contributed by atoms with Crippen LogP contribution >= 0.6 is 0 Å². The molecule has 0 aliphatic carbocycles. The van der Waals surface area contributed by atoms with E-state index in [0.29, 0.717) is 0 Å². The summed E-state index contributed by atoms with van der Waals surface area (Å²) in [5.41, 5.74) is 4.39. The van der Waals surface area contributed by atoms with Gasteiger partial charge < -0.3 is 4.74 Å². The molecule has 0 saturated heterocycles. The van der Waals surface area contributed by atoms with E-state index in [1.165, 1.54) is 48.8 Å². The Morgan fingerprint density at radius 3 is 2.94 bits per heavy atom. The zero-order valence-corrected chi connectivity index (χ0v) is 10.3. The average molecular weight is 218 g/mol. The van der Waals surface area contributed by atoms with Crippen molar-refractivity contribution in [2.24, 2.45) is 0 Å². The molecule has 1 aliphatic heterocycles. The first-order valence-electron chi connectivity index (χ1n) is 6.58. The van der Waals surface area contributed by atoms with Crippen LogP contribution in [-0.2, 0) is 24.2 Å². The average Bonchev–Trinajstić information content (AvgIpc) is 2.34. The molecule has 1 heterocycles. The lowest BCUT2D eigenvalue weighted by Gasteiger charge is -2.17. The summed E-state index contributed by atoms with van der Waals surface area (Å²) in [6.45, 7) is 3.97. The summed E-state index contributed by atoms with van der Waals surface area (Å²) in [7, 11) is 0. The van der Waals surface area contributed by atoms with E-state index >= 15 is 0 Å². The maximum absolute atomic E-state index is 5.49. The van der Waals surface area contributed by atoms with Crippen LogP contribution in [0.3, 0.4) is 0 Å². The Morgan fingerprint density at radius 1 is 1.12 bits per heavy atom. The first-order valence-corrected chi connectivity index (χ1v) is 6.58. The fraction of sp³-hybridized carbons (Fsp3) is 0.600. The van der Waals surface area contributed by atoms with Gasteiger partial charge in [0.1, 0.15) is 0 Å². The molecule has 0 spiro atoms. The topological polar surface area (TPSA) is 9.23 Å². The molecule has 0 N–H and O–H groups in total. The van der Waals surface area contributed by atoms with Crippen LogP contribution < -0.4 is 0 Å². The van der Waals surface area contributed by atoms with Crippen LogP contribution in [0.4, 0.5) is 0 Å². The molecule has 1 aliphatic rings. The van der Waals surface area contributed by atoms with Crippen LogP contribution in [0.1, 0.15) is 49.3 Å². The van der Waals surface area contributed by atoms with Gasteiger partial charge >= 0.3 is 0 Å². The van der Waals surface area contributed by atoms with Gasteiger partial charge in [0.25, 0.3) is 0 Å². The smallest absolute Gasteiger partial charge is 0.0719 e. The largest absolute Gasteiger partial charge is 0.376 e. The highest BCUT2D eigenvalue weighted by atomic mass is 16.5. The van der Waals surface area contributed by atoms with Crippen LogP contribution in [-0.4, -0.2) is 6.61 Å². The van der Waals surface area contributed by atoms with Crippen molar-refractivity contribution in [1.29, 1.82) is 0 Å². The van der Waals surface area contributed by atoms with Crippen LogP contribution in [0.5, 0.6) is 0 Å².